The second kappa shape index (κ2) is 4.59. The molecule has 0 spiro atoms. The van der Waals surface area contributed by atoms with Crippen LogP contribution in [0.4, 0.5) is 0 Å². The quantitative estimate of drug-likeness (QED) is 0.748. The van der Waals surface area contributed by atoms with Crippen molar-refractivity contribution in [2.45, 2.75) is 0 Å². The smallest absolute Gasteiger partial charge is 0.230 e. The predicted octanol–water partition coefficient (Wildman–Crippen LogP) is 3.76. The third-order valence-electron chi connectivity index (χ3n) is 2.93. The van der Waals surface area contributed by atoms with E-state index >= 15 is 0 Å². The number of rotatable bonds is 3. The molecule has 1 aromatic carbocycles. The van der Waals surface area contributed by atoms with E-state index in [-0.39, 0.29) is 5.78 Å². The zero-order chi connectivity index (χ0) is 13.4. The molecule has 4 nitrogen and oxygen atoms in total. The van der Waals surface area contributed by atoms with E-state index in [1.54, 1.807) is 25.4 Å². The number of carbonyl (C=O) groups excluding carboxylic acids is 1. The van der Waals surface area contributed by atoms with Gasteiger partial charge in [-0.2, -0.15) is 0 Å². The van der Waals surface area contributed by atoms with Crippen LogP contribution in [0.5, 0.6) is 5.75 Å². The zero-order valence-corrected chi connectivity index (χ0v) is 11.7. The van der Waals surface area contributed by atoms with Gasteiger partial charge >= 0.3 is 0 Å². The number of H-pyrrole nitrogens is 1. The molecule has 0 aliphatic heterocycles. The van der Waals surface area contributed by atoms with E-state index in [0.29, 0.717) is 21.7 Å². The molecular weight excluding hydrogens is 310 g/mol. The van der Waals surface area contributed by atoms with Gasteiger partial charge in [0.2, 0.25) is 5.78 Å². The summed E-state index contributed by atoms with van der Waals surface area (Å²) in [7, 11) is 1.60. The molecule has 0 saturated heterocycles. The van der Waals surface area contributed by atoms with Crippen LogP contribution in [0.15, 0.2) is 45.6 Å². The summed E-state index contributed by atoms with van der Waals surface area (Å²) in [6.07, 6.45) is 1.68. The Morgan fingerprint density at radius 3 is 2.84 bits per heavy atom. The summed E-state index contributed by atoms with van der Waals surface area (Å²) in [5.41, 5.74) is 1.45. The topological polar surface area (TPSA) is 55.2 Å². The summed E-state index contributed by atoms with van der Waals surface area (Å²) in [4.78, 5) is 15.4. The van der Waals surface area contributed by atoms with Gasteiger partial charge in [-0.05, 0) is 46.3 Å². The minimum absolute atomic E-state index is 0.162. The highest BCUT2D eigenvalue weighted by molar-refractivity contribution is 9.10. The predicted molar refractivity (Wildman–Crippen MR) is 74.7 cm³/mol. The first-order chi connectivity index (χ1) is 9.19. The molecule has 3 rings (SSSR count). The fourth-order valence-electron chi connectivity index (χ4n) is 1.98. The lowest BCUT2D eigenvalue weighted by atomic mass is 10.1. The monoisotopic (exact) mass is 319 g/mol. The number of ketones is 1. The Bertz CT molecular complexity index is 757. The van der Waals surface area contributed by atoms with Crippen LogP contribution in [0.1, 0.15) is 16.1 Å². The number of fused-ring (bicyclic) bond motifs is 1. The molecular formula is C14H10BrNO3. The molecule has 0 aliphatic carbocycles. The van der Waals surface area contributed by atoms with Crippen LogP contribution in [0.2, 0.25) is 0 Å². The lowest BCUT2D eigenvalue weighted by molar-refractivity contribution is 0.101. The van der Waals surface area contributed by atoms with Gasteiger partial charge in [0.05, 0.1) is 12.7 Å². The Labute approximate surface area is 117 Å². The molecule has 0 unspecified atom stereocenters. The van der Waals surface area contributed by atoms with Gasteiger partial charge in [-0.15, -0.1) is 0 Å². The molecule has 96 valence electrons. The summed E-state index contributed by atoms with van der Waals surface area (Å²) in [5, 5.41) is 0.817. The summed E-state index contributed by atoms with van der Waals surface area (Å²) in [6, 6.07) is 8.89. The molecule has 1 N–H and O–H groups in total. The van der Waals surface area contributed by atoms with E-state index < -0.39 is 0 Å². The Balaban J connectivity index is 2.12. The Morgan fingerprint density at radius 2 is 2.16 bits per heavy atom. The number of carbonyl (C=O) groups is 1. The Morgan fingerprint density at radius 1 is 1.32 bits per heavy atom. The van der Waals surface area contributed by atoms with Gasteiger partial charge in [0, 0.05) is 17.1 Å². The summed E-state index contributed by atoms with van der Waals surface area (Å²) in [5.74, 6) is 0.850. The SMILES string of the molecule is COc1ccc2[nH]cc(C(=O)c3ccc(Br)o3)c2c1. The van der Waals surface area contributed by atoms with Gasteiger partial charge in [0.25, 0.3) is 0 Å². The van der Waals surface area contributed by atoms with Crippen LogP contribution < -0.4 is 4.74 Å². The molecule has 0 fully saturated rings. The molecule has 2 aromatic heterocycles. The standard InChI is InChI=1S/C14H10BrNO3/c1-18-8-2-3-11-9(6-8)10(7-16-11)14(17)12-4-5-13(15)19-12/h2-7,16H,1H3. The van der Waals surface area contributed by atoms with Gasteiger partial charge in [-0.3, -0.25) is 4.79 Å². The number of nitrogens with one attached hydrogen (secondary N) is 1. The van der Waals surface area contributed by atoms with Crippen LogP contribution >= 0.6 is 15.9 Å². The van der Waals surface area contributed by atoms with Gasteiger partial charge in [0.15, 0.2) is 10.4 Å². The van der Waals surface area contributed by atoms with Crippen molar-refractivity contribution in [2.24, 2.45) is 0 Å². The third-order valence-corrected chi connectivity index (χ3v) is 3.36. The fraction of sp³-hybridized carbons (Fsp3) is 0.0714. The maximum Gasteiger partial charge on any atom is 0.230 e. The second-order valence-corrected chi connectivity index (χ2v) is 4.83. The highest BCUT2D eigenvalue weighted by Gasteiger charge is 2.17. The first-order valence-corrected chi connectivity index (χ1v) is 6.43. The molecule has 2 heterocycles. The lowest BCUT2D eigenvalue weighted by Gasteiger charge is -2.00. The zero-order valence-electron chi connectivity index (χ0n) is 10.1. The third kappa shape index (κ3) is 2.06. The minimum Gasteiger partial charge on any atom is -0.497 e. The van der Waals surface area contributed by atoms with E-state index in [4.69, 9.17) is 9.15 Å². The van der Waals surface area contributed by atoms with Crippen LogP contribution in [-0.2, 0) is 0 Å². The van der Waals surface area contributed by atoms with Crippen molar-refractivity contribution >= 4 is 32.6 Å². The molecule has 0 radical (unpaired) electrons. The summed E-state index contributed by atoms with van der Waals surface area (Å²) < 4.78 is 11.0. The maximum atomic E-state index is 12.4. The average Bonchev–Trinajstić information content (AvgIpc) is 3.03. The number of hydrogen-bond acceptors (Lipinski definition) is 3. The minimum atomic E-state index is -0.162. The van der Waals surface area contributed by atoms with E-state index in [1.807, 2.05) is 18.2 Å². The van der Waals surface area contributed by atoms with E-state index in [2.05, 4.69) is 20.9 Å². The van der Waals surface area contributed by atoms with E-state index in [1.165, 1.54) is 0 Å². The van der Waals surface area contributed by atoms with Crippen molar-refractivity contribution in [3.05, 3.63) is 52.5 Å². The van der Waals surface area contributed by atoms with Crippen LogP contribution in [0, 0.1) is 0 Å². The van der Waals surface area contributed by atoms with Crippen LogP contribution in [0.25, 0.3) is 10.9 Å². The molecule has 0 bridgehead atoms. The van der Waals surface area contributed by atoms with Crippen molar-refractivity contribution in [3.63, 3.8) is 0 Å². The lowest BCUT2D eigenvalue weighted by Crippen LogP contribution is -1.98. The molecule has 3 aromatic rings. The van der Waals surface area contributed by atoms with Crippen molar-refractivity contribution in [2.75, 3.05) is 7.11 Å². The number of benzene rings is 1. The second-order valence-electron chi connectivity index (χ2n) is 4.05. The Kier molecular flexibility index (Phi) is 2.91. The molecule has 0 aliphatic rings. The molecule has 0 amide bonds. The van der Waals surface area contributed by atoms with Crippen LogP contribution in [0.3, 0.4) is 0 Å². The van der Waals surface area contributed by atoms with Gasteiger partial charge in [-0.25, -0.2) is 0 Å². The molecule has 19 heavy (non-hydrogen) atoms. The normalized spacial score (nSPS) is 10.8. The highest BCUT2D eigenvalue weighted by atomic mass is 79.9. The van der Waals surface area contributed by atoms with Gasteiger partial charge < -0.3 is 14.1 Å². The number of furan rings is 1. The summed E-state index contributed by atoms with van der Waals surface area (Å²) in [6.45, 7) is 0. The fourth-order valence-corrected chi connectivity index (χ4v) is 2.29. The van der Waals surface area contributed by atoms with E-state index in [9.17, 15) is 4.79 Å². The largest absolute Gasteiger partial charge is 0.497 e. The first-order valence-electron chi connectivity index (χ1n) is 5.64. The van der Waals surface area contributed by atoms with Crippen molar-refractivity contribution in [1.82, 2.24) is 4.98 Å². The number of methoxy groups -OCH3 is 1. The number of aromatic amines is 1. The van der Waals surface area contributed by atoms with Gasteiger partial charge in [-0.1, -0.05) is 0 Å². The van der Waals surface area contributed by atoms with Crippen LogP contribution in [-0.4, -0.2) is 17.9 Å². The maximum absolute atomic E-state index is 12.4. The summed E-state index contributed by atoms with van der Waals surface area (Å²) >= 11 is 3.19. The Hall–Kier alpha value is -2.01. The highest BCUT2D eigenvalue weighted by Crippen LogP contribution is 2.26. The van der Waals surface area contributed by atoms with Gasteiger partial charge in [0.1, 0.15) is 5.75 Å². The number of ether oxygens (including phenoxy) is 1. The number of hydrogen-bond donors (Lipinski definition) is 1. The van der Waals surface area contributed by atoms with Crippen molar-refractivity contribution in [3.8, 4) is 5.75 Å². The number of halogens is 1. The van der Waals surface area contributed by atoms with Crippen molar-refractivity contribution < 1.29 is 13.9 Å². The molecule has 0 saturated carbocycles. The van der Waals surface area contributed by atoms with Crippen molar-refractivity contribution in [1.29, 1.82) is 0 Å². The number of aromatic nitrogens is 1. The van der Waals surface area contributed by atoms with E-state index in [0.717, 1.165) is 10.9 Å². The first kappa shape index (κ1) is 12.0. The average molecular weight is 320 g/mol. The molecule has 0 atom stereocenters. The molecule has 5 heteroatoms.